The third kappa shape index (κ3) is 2.59. The second kappa shape index (κ2) is 4.42. The highest BCUT2D eigenvalue weighted by Crippen LogP contribution is 2.31. The van der Waals surface area contributed by atoms with Crippen LogP contribution < -0.4 is 0 Å². The van der Waals surface area contributed by atoms with Gasteiger partial charge >= 0.3 is 5.97 Å². The molecule has 0 saturated carbocycles. The van der Waals surface area contributed by atoms with Crippen molar-refractivity contribution >= 4 is 5.97 Å². The molecule has 2 rings (SSSR count). The van der Waals surface area contributed by atoms with Crippen LogP contribution in [0.15, 0.2) is 24.3 Å². The second-order valence-electron chi connectivity index (χ2n) is 4.06. The molecule has 1 heterocycles. The van der Waals surface area contributed by atoms with Gasteiger partial charge in [-0.1, -0.05) is 6.07 Å². The Balaban J connectivity index is 2.51. The highest BCUT2D eigenvalue weighted by molar-refractivity contribution is 5.86. The minimum absolute atomic E-state index is 0.0407. The first-order valence-corrected chi connectivity index (χ1v) is 5.26. The van der Waals surface area contributed by atoms with Gasteiger partial charge in [-0.05, 0) is 18.2 Å². The fourth-order valence-corrected chi connectivity index (χ4v) is 1.56. The van der Waals surface area contributed by atoms with Crippen molar-refractivity contribution in [2.45, 2.75) is 12.8 Å². The van der Waals surface area contributed by atoms with Crippen molar-refractivity contribution in [1.82, 2.24) is 10.2 Å². The Bertz CT molecular complexity index is 632. The molecule has 0 radical (unpaired) electrons. The summed E-state index contributed by atoms with van der Waals surface area (Å²) in [5.74, 6) is -5.14. The summed E-state index contributed by atoms with van der Waals surface area (Å²) in [5, 5.41) is 14.5. The Morgan fingerprint density at radius 2 is 2.05 bits per heavy atom. The lowest BCUT2D eigenvalue weighted by atomic mass is 10.0. The number of hydrogen-bond donors (Lipinski definition) is 2. The van der Waals surface area contributed by atoms with E-state index in [2.05, 4.69) is 10.2 Å². The van der Waals surface area contributed by atoms with Gasteiger partial charge in [0.15, 0.2) is 0 Å². The number of rotatable bonds is 3. The number of halogens is 3. The first kappa shape index (κ1) is 13.1. The molecule has 19 heavy (non-hydrogen) atoms. The molecule has 0 saturated heterocycles. The number of aromatic nitrogens is 2. The average molecular weight is 270 g/mol. The van der Waals surface area contributed by atoms with Crippen molar-refractivity contribution in [2.75, 3.05) is 0 Å². The molecule has 0 aliphatic rings. The minimum Gasteiger partial charge on any atom is -0.477 e. The zero-order valence-electron chi connectivity index (χ0n) is 9.75. The molecule has 1 aromatic carbocycles. The molecule has 0 aliphatic carbocycles. The van der Waals surface area contributed by atoms with E-state index in [-0.39, 0.29) is 22.5 Å². The Morgan fingerprint density at radius 1 is 1.37 bits per heavy atom. The van der Waals surface area contributed by atoms with Gasteiger partial charge in [-0.2, -0.15) is 5.10 Å². The molecule has 0 fully saturated rings. The van der Waals surface area contributed by atoms with Crippen LogP contribution in [0.4, 0.5) is 13.2 Å². The Hall–Kier alpha value is -2.31. The van der Waals surface area contributed by atoms with Crippen LogP contribution in [-0.2, 0) is 5.92 Å². The maximum Gasteiger partial charge on any atom is 0.353 e. The number of nitrogens with one attached hydrogen (secondary N) is 1. The molecule has 0 unspecified atom stereocenters. The molecule has 2 N–H and O–H groups in total. The third-order valence-electron chi connectivity index (χ3n) is 2.56. The van der Waals surface area contributed by atoms with Crippen LogP contribution in [0.1, 0.15) is 23.0 Å². The van der Waals surface area contributed by atoms with E-state index in [9.17, 15) is 18.0 Å². The summed E-state index contributed by atoms with van der Waals surface area (Å²) >= 11 is 0. The third-order valence-corrected chi connectivity index (χ3v) is 2.56. The summed E-state index contributed by atoms with van der Waals surface area (Å²) in [7, 11) is 0. The van der Waals surface area contributed by atoms with Gasteiger partial charge in [0.05, 0.1) is 5.69 Å². The lowest BCUT2D eigenvalue weighted by Crippen LogP contribution is -2.07. The van der Waals surface area contributed by atoms with Gasteiger partial charge in [0.1, 0.15) is 11.5 Å². The van der Waals surface area contributed by atoms with E-state index in [1.165, 1.54) is 0 Å². The predicted molar refractivity (Wildman–Crippen MR) is 60.5 cm³/mol. The van der Waals surface area contributed by atoms with Crippen LogP contribution in [0.25, 0.3) is 11.3 Å². The van der Waals surface area contributed by atoms with Crippen LogP contribution >= 0.6 is 0 Å². The lowest BCUT2D eigenvalue weighted by molar-refractivity contribution is 0.0174. The summed E-state index contributed by atoms with van der Waals surface area (Å²) in [5.41, 5.74) is -0.837. The van der Waals surface area contributed by atoms with Crippen LogP contribution in [0.3, 0.4) is 0 Å². The van der Waals surface area contributed by atoms with E-state index < -0.39 is 17.7 Å². The van der Waals surface area contributed by atoms with Crippen LogP contribution in [0.5, 0.6) is 0 Å². The Morgan fingerprint density at radius 3 is 2.58 bits per heavy atom. The molecular weight excluding hydrogens is 261 g/mol. The highest BCUT2D eigenvalue weighted by Gasteiger charge is 2.26. The summed E-state index contributed by atoms with van der Waals surface area (Å²) in [4.78, 5) is 10.7. The lowest BCUT2D eigenvalue weighted by Gasteiger charge is -2.11. The van der Waals surface area contributed by atoms with Crippen LogP contribution in [-0.4, -0.2) is 21.3 Å². The largest absolute Gasteiger partial charge is 0.477 e. The molecule has 0 aliphatic heterocycles. The Labute approximate surface area is 105 Å². The van der Waals surface area contributed by atoms with Gasteiger partial charge in [0, 0.05) is 18.1 Å². The maximum absolute atomic E-state index is 13.6. The summed E-state index contributed by atoms with van der Waals surface area (Å²) in [6, 6.07) is 3.91. The normalized spacial score (nSPS) is 11.6. The first-order valence-electron chi connectivity index (χ1n) is 5.26. The topological polar surface area (TPSA) is 66.0 Å². The van der Waals surface area contributed by atoms with Gasteiger partial charge in [-0.15, -0.1) is 0 Å². The fraction of sp³-hybridized carbons (Fsp3) is 0.167. The number of benzene rings is 1. The highest BCUT2D eigenvalue weighted by atomic mass is 19.3. The first-order chi connectivity index (χ1) is 8.79. The van der Waals surface area contributed by atoms with E-state index >= 15 is 0 Å². The van der Waals surface area contributed by atoms with Gasteiger partial charge < -0.3 is 5.11 Å². The zero-order valence-corrected chi connectivity index (χ0v) is 9.75. The van der Waals surface area contributed by atoms with E-state index in [1.807, 2.05) is 0 Å². The molecule has 0 bridgehead atoms. The van der Waals surface area contributed by atoms with Gasteiger partial charge in [-0.25, -0.2) is 18.0 Å². The molecule has 1 aromatic heterocycles. The molecular formula is C12H9F3N2O2. The van der Waals surface area contributed by atoms with E-state index in [1.54, 1.807) is 0 Å². The summed E-state index contributed by atoms with van der Waals surface area (Å²) in [6.45, 7) is 0.692. The predicted octanol–water partition coefficient (Wildman–Crippen LogP) is 3.03. The number of hydrogen-bond acceptors (Lipinski definition) is 2. The minimum atomic E-state index is -3.12. The quantitative estimate of drug-likeness (QED) is 0.900. The zero-order chi connectivity index (χ0) is 14.2. The van der Waals surface area contributed by atoms with Crippen molar-refractivity contribution in [3.05, 3.63) is 41.3 Å². The van der Waals surface area contributed by atoms with Crippen molar-refractivity contribution in [3.63, 3.8) is 0 Å². The van der Waals surface area contributed by atoms with Crippen molar-refractivity contribution in [1.29, 1.82) is 0 Å². The molecule has 100 valence electrons. The number of carboxylic acid groups (broad SMARTS) is 1. The number of H-pyrrole nitrogens is 1. The number of alkyl halides is 2. The molecule has 0 amide bonds. The smallest absolute Gasteiger partial charge is 0.353 e. The van der Waals surface area contributed by atoms with Crippen molar-refractivity contribution in [2.24, 2.45) is 0 Å². The van der Waals surface area contributed by atoms with Crippen LogP contribution in [0.2, 0.25) is 0 Å². The molecule has 0 atom stereocenters. The second-order valence-corrected chi connectivity index (χ2v) is 4.06. The molecule has 7 heteroatoms. The number of aromatic amines is 1. The maximum atomic E-state index is 13.6. The van der Waals surface area contributed by atoms with Gasteiger partial charge in [0.2, 0.25) is 0 Å². The number of carboxylic acids is 1. The van der Waals surface area contributed by atoms with E-state index in [0.717, 1.165) is 24.3 Å². The summed E-state index contributed by atoms with van der Waals surface area (Å²) < 4.78 is 39.9. The average Bonchev–Trinajstić information content (AvgIpc) is 2.77. The van der Waals surface area contributed by atoms with E-state index in [4.69, 9.17) is 5.11 Å². The summed E-state index contributed by atoms with van der Waals surface area (Å²) in [6.07, 6.45) is 0. The molecule has 0 spiro atoms. The van der Waals surface area contributed by atoms with Gasteiger partial charge in [-0.3, -0.25) is 5.10 Å². The Kier molecular flexibility index (Phi) is 3.05. The van der Waals surface area contributed by atoms with Crippen molar-refractivity contribution < 1.29 is 23.1 Å². The SMILES string of the molecule is CC(F)(F)c1ccc(F)c(-c2cc(C(=O)O)[nH]n2)c1. The van der Waals surface area contributed by atoms with Crippen molar-refractivity contribution in [3.8, 4) is 11.3 Å². The van der Waals surface area contributed by atoms with E-state index in [0.29, 0.717) is 6.92 Å². The monoisotopic (exact) mass is 270 g/mol. The molecule has 2 aromatic rings. The number of aromatic carboxylic acids is 1. The standard InChI is InChI=1S/C12H9F3N2O2/c1-12(14,15)6-2-3-8(13)7(4-6)9-5-10(11(18)19)17-16-9/h2-5H,1H3,(H,16,17)(H,18,19). The fourth-order valence-electron chi connectivity index (χ4n) is 1.56. The number of carbonyl (C=O) groups is 1. The molecule has 4 nitrogen and oxygen atoms in total. The van der Waals surface area contributed by atoms with Gasteiger partial charge in [0.25, 0.3) is 5.92 Å². The van der Waals surface area contributed by atoms with Crippen LogP contribution in [0, 0.1) is 5.82 Å². The number of nitrogens with zero attached hydrogens (tertiary/aromatic N) is 1.